The monoisotopic (exact) mass is 327 g/mol. The van der Waals surface area contributed by atoms with Gasteiger partial charge in [-0.1, -0.05) is 84.5 Å². The van der Waals surface area contributed by atoms with Gasteiger partial charge in [0.05, 0.1) is 0 Å². The van der Waals surface area contributed by atoms with E-state index in [1.807, 2.05) is 0 Å². The molecule has 0 bridgehead atoms. The molecule has 2 N–H and O–H groups in total. The molecule has 23 heavy (non-hydrogen) atoms. The SMILES string of the molecule is CCCC(C)CCCCCCCCCCCC(=O)NCC(=O)O. The zero-order chi connectivity index (χ0) is 17.3. The van der Waals surface area contributed by atoms with Gasteiger partial charge in [-0.2, -0.15) is 0 Å². The number of nitrogens with one attached hydrogen (secondary N) is 1. The van der Waals surface area contributed by atoms with E-state index < -0.39 is 5.97 Å². The third-order valence-corrected chi connectivity index (χ3v) is 4.32. The third kappa shape index (κ3) is 17.1. The van der Waals surface area contributed by atoms with Crippen molar-refractivity contribution in [2.24, 2.45) is 5.92 Å². The Morgan fingerprint density at radius 3 is 1.91 bits per heavy atom. The second-order valence-corrected chi connectivity index (χ2v) is 6.78. The molecule has 0 aromatic rings. The Morgan fingerprint density at radius 2 is 1.39 bits per heavy atom. The standard InChI is InChI=1S/C19H37NO3/c1-3-13-17(2)14-11-9-7-5-4-6-8-10-12-15-18(21)20-16-19(22)23/h17H,3-16H2,1-2H3,(H,20,21)(H,22,23). The third-order valence-electron chi connectivity index (χ3n) is 4.32. The molecule has 1 amide bonds. The Balaban J connectivity index is 3.19. The van der Waals surface area contributed by atoms with E-state index in [2.05, 4.69) is 19.2 Å². The van der Waals surface area contributed by atoms with Crippen LogP contribution in [0.4, 0.5) is 0 Å². The van der Waals surface area contributed by atoms with Crippen molar-refractivity contribution in [3.63, 3.8) is 0 Å². The van der Waals surface area contributed by atoms with Crippen molar-refractivity contribution in [3.8, 4) is 0 Å². The van der Waals surface area contributed by atoms with E-state index >= 15 is 0 Å². The van der Waals surface area contributed by atoms with Gasteiger partial charge in [0, 0.05) is 6.42 Å². The summed E-state index contributed by atoms with van der Waals surface area (Å²) in [7, 11) is 0. The molecule has 4 nitrogen and oxygen atoms in total. The molecule has 0 spiro atoms. The number of carboxylic acids is 1. The van der Waals surface area contributed by atoms with Crippen molar-refractivity contribution in [1.29, 1.82) is 0 Å². The number of amides is 1. The molecule has 1 unspecified atom stereocenters. The highest BCUT2D eigenvalue weighted by Crippen LogP contribution is 2.16. The van der Waals surface area contributed by atoms with Crippen LogP contribution in [-0.4, -0.2) is 23.5 Å². The van der Waals surface area contributed by atoms with Crippen LogP contribution in [0.2, 0.25) is 0 Å². The number of carbonyl (C=O) groups excluding carboxylic acids is 1. The minimum Gasteiger partial charge on any atom is -0.480 e. The van der Waals surface area contributed by atoms with E-state index in [0.717, 1.165) is 18.8 Å². The van der Waals surface area contributed by atoms with E-state index in [1.54, 1.807) is 0 Å². The molecule has 136 valence electrons. The summed E-state index contributed by atoms with van der Waals surface area (Å²) < 4.78 is 0. The first-order chi connectivity index (χ1) is 11.1. The molecule has 0 aromatic carbocycles. The fraction of sp³-hybridized carbons (Fsp3) is 0.895. The largest absolute Gasteiger partial charge is 0.480 e. The van der Waals surface area contributed by atoms with Gasteiger partial charge in [-0.3, -0.25) is 9.59 Å². The fourth-order valence-electron chi connectivity index (χ4n) is 2.92. The zero-order valence-electron chi connectivity index (χ0n) is 15.2. The van der Waals surface area contributed by atoms with Gasteiger partial charge in [0.2, 0.25) is 5.91 Å². The molecule has 0 rings (SSSR count). The molecular weight excluding hydrogens is 290 g/mol. The molecule has 0 saturated carbocycles. The molecule has 0 aliphatic carbocycles. The van der Waals surface area contributed by atoms with Crippen molar-refractivity contribution >= 4 is 11.9 Å². The molecule has 0 heterocycles. The van der Waals surface area contributed by atoms with Crippen LogP contribution < -0.4 is 5.32 Å². The highest BCUT2D eigenvalue weighted by atomic mass is 16.4. The van der Waals surface area contributed by atoms with Crippen molar-refractivity contribution < 1.29 is 14.7 Å². The molecule has 1 atom stereocenters. The quantitative estimate of drug-likeness (QED) is 0.396. The number of unbranched alkanes of at least 4 members (excludes halogenated alkanes) is 8. The Hall–Kier alpha value is -1.06. The lowest BCUT2D eigenvalue weighted by molar-refractivity contribution is -0.137. The average Bonchev–Trinajstić information content (AvgIpc) is 2.50. The summed E-state index contributed by atoms with van der Waals surface area (Å²) in [6, 6.07) is 0. The first kappa shape index (κ1) is 21.9. The fourth-order valence-corrected chi connectivity index (χ4v) is 2.92. The Morgan fingerprint density at radius 1 is 0.870 bits per heavy atom. The predicted molar refractivity (Wildman–Crippen MR) is 95.5 cm³/mol. The summed E-state index contributed by atoms with van der Waals surface area (Å²) >= 11 is 0. The highest BCUT2D eigenvalue weighted by Gasteiger charge is 2.03. The minimum atomic E-state index is -0.988. The molecule has 0 saturated heterocycles. The Bertz CT molecular complexity index is 305. The maximum Gasteiger partial charge on any atom is 0.322 e. The van der Waals surface area contributed by atoms with Crippen LogP contribution in [0.3, 0.4) is 0 Å². The van der Waals surface area contributed by atoms with Crippen LogP contribution in [0.1, 0.15) is 97.3 Å². The van der Waals surface area contributed by atoms with E-state index in [0.29, 0.717) is 6.42 Å². The van der Waals surface area contributed by atoms with Gasteiger partial charge in [0.25, 0.3) is 0 Å². The van der Waals surface area contributed by atoms with Crippen LogP contribution in [0.25, 0.3) is 0 Å². The number of aliphatic carboxylic acids is 1. The van der Waals surface area contributed by atoms with Gasteiger partial charge in [-0.15, -0.1) is 0 Å². The summed E-state index contributed by atoms with van der Waals surface area (Å²) in [4.78, 5) is 21.6. The van der Waals surface area contributed by atoms with Crippen LogP contribution in [-0.2, 0) is 9.59 Å². The normalized spacial score (nSPS) is 12.1. The Kier molecular flexibility index (Phi) is 15.1. The van der Waals surface area contributed by atoms with Gasteiger partial charge in [0.15, 0.2) is 0 Å². The number of carboxylic acid groups (broad SMARTS) is 1. The summed E-state index contributed by atoms with van der Waals surface area (Å²) in [6.07, 6.45) is 15.6. The van der Waals surface area contributed by atoms with Crippen LogP contribution in [0.15, 0.2) is 0 Å². The molecule has 0 aromatic heterocycles. The molecule has 4 heteroatoms. The Labute approximate surface area is 142 Å². The summed E-state index contributed by atoms with van der Waals surface area (Å²) in [6.45, 7) is 4.36. The van der Waals surface area contributed by atoms with Crippen molar-refractivity contribution in [2.75, 3.05) is 6.54 Å². The highest BCUT2D eigenvalue weighted by molar-refractivity contribution is 5.80. The van der Waals surface area contributed by atoms with E-state index in [4.69, 9.17) is 5.11 Å². The topological polar surface area (TPSA) is 66.4 Å². The molecule has 0 aliphatic heterocycles. The number of hydrogen-bond donors (Lipinski definition) is 2. The second kappa shape index (κ2) is 15.8. The summed E-state index contributed by atoms with van der Waals surface area (Å²) in [5.41, 5.74) is 0. The maximum atomic E-state index is 11.3. The van der Waals surface area contributed by atoms with E-state index in [1.165, 1.54) is 64.2 Å². The lowest BCUT2D eigenvalue weighted by Gasteiger charge is -2.09. The van der Waals surface area contributed by atoms with Crippen LogP contribution >= 0.6 is 0 Å². The number of carbonyl (C=O) groups is 2. The van der Waals surface area contributed by atoms with Gasteiger partial charge >= 0.3 is 5.97 Å². The lowest BCUT2D eigenvalue weighted by Crippen LogP contribution is -2.28. The molecular formula is C19H37NO3. The first-order valence-electron chi connectivity index (χ1n) is 9.54. The van der Waals surface area contributed by atoms with Crippen LogP contribution in [0, 0.1) is 5.92 Å². The second-order valence-electron chi connectivity index (χ2n) is 6.78. The van der Waals surface area contributed by atoms with Crippen molar-refractivity contribution in [1.82, 2.24) is 5.32 Å². The predicted octanol–water partition coefficient (Wildman–Crippen LogP) is 4.91. The van der Waals surface area contributed by atoms with E-state index in [-0.39, 0.29) is 12.5 Å². The zero-order valence-corrected chi connectivity index (χ0v) is 15.2. The first-order valence-corrected chi connectivity index (χ1v) is 9.54. The minimum absolute atomic E-state index is 0.148. The number of rotatable bonds is 16. The van der Waals surface area contributed by atoms with Crippen molar-refractivity contribution in [3.05, 3.63) is 0 Å². The van der Waals surface area contributed by atoms with Crippen molar-refractivity contribution in [2.45, 2.75) is 97.3 Å². The number of hydrogen-bond acceptors (Lipinski definition) is 2. The van der Waals surface area contributed by atoms with Gasteiger partial charge in [0.1, 0.15) is 6.54 Å². The molecule has 0 aliphatic rings. The van der Waals surface area contributed by atoms with E-state index in [9.17, 15) is 9.59 Å². The maximum absolute atomic E-state index is 11.3. The van der Waals surface area contributed by atoms with Gasteiger partial charge in [-0.25, -0.2) is 0 Å². The van der Waals surface area contributed by atoms with Gasteiger partial charge < -0.3 is 10.4 Å². The van der Waals surface area contributed by atoms with Crippen LogP contribution in [0.5, 0.6) is 0 Å². The summed E-state index contributed by atoms with van der Waals surface area (Å²) in [5.74, 6) is -0.240. The molecule has 0 fully saturated rings. The van der Waals surface area contributed by atoms with Gasteiger partial charge in [-0.05, 0) is 12.3 Å². The smallest absolute Gasteiger partial charge is 0.322 e. The average molecular weight is 328 g/mol. The summed E-state index contributed by atoms with van der Waals surface area (Å²) in [5, 5.41) is 10.8. The lowest BCUT2D eigenvalue weighted by atomic mass is 9.98. The molecule has 0 radical (unpaired) electrons.